The van der Waals surface area contributed by atoms with E-state index in [0.29, 0.717) is 0 Å². The summed E-state index contributed by atoms with van der Waals surface area (Å²) in [7, 11) is 0. The van der Waals surface area contributed by atoms with Crippen LogP contribution in [-0.2, 0) is 12.8 Å². The fraction of sp³-hybridized carbons (Fsp3) is 0.150. The summed E-state index contributed by atoms with van der Waals surface area (Å²) in [6.45, 7) is 2.15. The molecule has 0 bridgehead atoms. The molecule has 1 aromatic heterocycles. The van der Waals surface area contributed by atoms with Crippen molar-refractivity contribution in [1.82, 2.24) is 4.98 Å². The zero-order valence-corrected chi connectivity index (χ0v) is 12.3. The van der Waals surface area contributed by atoms with Gasteiger partial charge in [-0.05, 0) is 30.0 Å². The highest BCUT2D eigenvalue weighted by atomic mass is 14.7. The van der Waals surface area contributed by atoms with E-state index in [4.69, 9.17) is 4.98 Å². The molecule has 0 aliphatic rings. The van der Waals surface area contributed by atoms with Crippen molar-refractivity contribution in [2.24, 2.45) is 0 Å². The van der Waals surface area contributed by atoms with Crippen LogP contribution in [0.1, 0.15) is 23.7 Å². The van der Waals surface area contributed by atoms with Crippen LogP contribution in [0.5, 0.6) is 0 Å². The van der Waals surface area contributed by atoms with Crippen molar-refractivity contribution in [2.75, 3.05) is 0 Å². The molecule has 0 spiro atoms. The summed E-state index contributed by atoms with van der Waals surface area (Å²) in [5, 5.41) is 0. The maximum atomic E-state index is 4.86. The smallest absolute Gasteiger partial charge is 0.0740 e. The first-order chi connectivity index (χ1) is 10.4. The number of aromatic nitrogens is 1. The Balaban J connectivity index is 2.04. The zero-order valence-electron chi connectivity index (χ0n) is 12.3. The van der Waals surface area contributed by atoms with E-state index in [1.54, 1.807) is 0 Å². The van der Waals surface area contributed by atoms with Gasteiger partial charge in [0.1, 0.15) is 0 Å². The molecule has 3 aromatic rings. The van der Waals surface area contributed by atoms with Gasteiger partial charge in [-0.15, -0.1) is 0 Å². The van der Waals surface area contributed by atoms with E-state index in [1.165, 1.54) is 16.7 Å². The number of pyridine rings is 1. The number of hydrogen-bond acceptors (Lipinski definition) is 1. The lowest BCUT2D eigenvalue weighted by molar-refractivity contribution is 1.02. The van der Waals surface area contributed by atoms with Gasteiger partial charge in [-0.1, -0.05) is 73.7 Å². The highest BCUT2D eigenvalue weighted by molar-refractivity contribution is 5.63. The summed E-state index contributed by atoms with van der Waals surface area (Å²) in [5.74, 6) is 0. The van der Waals surface area contributed by atoms with E-state index in [2.05, 4.69) is 73.7 Å². The lowest BCUT2D eigenvalue weighted by Crippen LogP contribution is -1.98. The van der Waals surface area contributed by atoms with Gasteiger partial charge in [-0.3, -0.25) is 4.98 Å². The Morgan fingerprint density at radius 1 is 0.762 bits per heavy atom. The fourth-order valence-electron chi connectivity index (χ4n) is 2.53. The molecule has 21 heavy (non-hydrogen) atoms. The SMILES string of the molecule is CCc1ccc(Cc2ccccc2)c(-c2ccccc2)n1. The molecule has 0 aliphatic heterocycles. The average Bonchev–Trinajstić information content (AvgIpc) is 2.57. The Hall–Kier alpha value is -2.41. The van der Waals surface area contributed by atoms with E-state index >= 15 is 0 Å². The minimum Gasteiger partial charge on any atom is -0.253 e. The summed E-state index contributed by atoms with van der Waals surface area (Å²) in [6, 6.07) is 25.4. The van der Waals surface area contributed by atoms with Crippen LogP contribution >= 0.6 is 0 Å². The Bertz CT molecular complexity index is 702. The third-order valence-electron chi connectivity index (χ3n) is 3.68. The minimum atomic E-state index is 0.919. The molecule has 0 saturated carbocycles. The van der Waals surface area contributed by atoms with Gasteiger partial charge >= 0.3 is 0 Å². The van der Waals surface area contributed by atoms with Gasteiger partial charge in [-0.2, -0.15) is 0 Å². The maximum Gasteiger partial charge on any atom is 0.0740 e. The van der Waals surface area contributed by atoms with E-state index in [0.717, 1.165) is 24.2 Å². The Labute approximate surface area is 126 Å². The second-order valence-corrected chi connectivity index (χ2v) is 5.19. The molecule has 104 valence electrons. The van der Waals surface area contributed by atoms with Crippen LogP contribution in [0.15, 0.2) is 72.8 Å². The van der Waals surface area contributed by atoms with Crippen molar-refractivity contribution in [3.63, 3.8) is 0 Å². The molecule has 0 aliphatic carbocycles. The lowest BCUT2D eigenvalue weighted by Gasteiger charge is -2.11. The normalized spacial score (nSPS) is 10.5. The van der Waals surface area contributed by atoms with Gasteiger partial charge < -0.3 is 0 Å². The molecular weight excluding hydrogens is 254 g/mol. The molecule has 1 heteroatoms. The first-order valence-electron chi connectivity index (χ1n) is 7.45. The largest absolute Gasteiger partial charge is 0.253 e. The molecule has 0 atom stereocenters. The van der Waals surface area contributed by atoms with Gasteiger partial charge in [0.2, 0.25) is 0 Å². The molecule has 0 amide bonds. The minimum absolute atomic E-state index is 0.919. The van der Waals surface area contributed by atoms with Crippen LogP contribution in [-0.4, -0.2) is 4.98 Å². The summed E-state index contributed by atoms with van der Waals surface area (Å²) >= 11 is 0. The predicted octanol–water partition coefficient (Wildman–Crippen LogP) is 4.90. The van der Waals surface area contributed by atoms with Crippen LogP contribution in [0.2, 0.25) is 0 Å². The van der Waals surface area contributed by atoms with Gasteiger partial charge in [0, 0.05) is 11.3 Å². The monoisotopic (exact) mass is 273 g/mol. The van der Waals surface area contributed by atoms with Crippen molar-refractivity contribution in [2.45, 2.75) is 19.8 Å². The second kappa shape index (κ2) is 6.36. The summed E-state index contributed by atoms with van der Waals surface area (Å²) in [4.78, 5) is 4.86. The molecule has 0 radical (unpaired) electrons. The Morgan fingerprint density at radius 2 is 1.43 bits per heavy atom. The van der Waals surface area contributed by atoms with Crippen LogP contribution in [0.3, 0.4) is 0 Å². The molecule has 0 unspecified atom stereocenters. The second-order valence-electron chi connectivity index (χ2n) is 5.19. The number of rotatable bonds is 4. The van der Waals surface area contributed by atoms with Crippen molar-refractivity contribution in [3.8, 4) is 11.3 Å². The number of benzene rings is 2. The number of hydrogen-bond donors (Lipinski definition) is 0. The maximum absolute atomic E-state index is 4.86. The molecule has 0 saturated heterocycles. The topological polar surface area (TPSA) is 12.9 Å². The van der Waals surface area contributed by atoms with Crippen LogP contribution in [0.4, 0.5) is 0 Å². The summed E-state index contributed by atoms with van der Waals surface area (Å²) in [5.41, 5.74) is 6.05. The van der Waals surface area contributed by atoms with E-state index in [-0.39, 0.29) is 0 Å². The fourth-order valence-corrected chi connectivity index (χ4v) is 2.53. The Kier molecular flexibility index (Phi) is 4.11. The van der Waals surface area contributed by atoms with Crippen molar-refractivity contribution in [3.05, 3.63) is 89.6 Å². The van der Waals surface area contributed by atoms with E-state index in [1.807, 2.05) is 6.07 Å². The number of aryl methyl sites for hydroxylation is 1. The predicted molar refractivity (Wildman–Crippen MR) is 88.3 cm³/mol. The molecule has 2 aromatic carbocycles. The van der Waals surface area contributed by atoms with Gasteiger partial charge in [-0.25, -0.2) is 0 Å². The first kappa shape index (κ1) is 13.6. The van der Waals surface area contributed by atoms with Crippen molar-refractivity contribution < 1.29 is 0 Å². The highest BCUT2D eigenvalue weighted by Gasteiger charge is 2.08. The summed E-state index contributed by atoms with van der Waals surface area (Å²) < 4.78 is 0. The molecular formula is C20H19N. The van der Waals surface area contributed by atoms with Gasteiger partial charge in [0.05, 0.1) is 5.69 Å². The van der Waals surface area contributed by atoms with Gasteiger partial charge in [0.25, 0.3) is 0 Å². The first-order valence-corrected chi connectivity index (χ1v) is 7.45. The third kappa shape index (κ3) is 3.19. The molecule has 1 heterocycles. The summed E-state index contributed by atoms with van der Waals surface area (Å²) in [6.07, 6.45) is 1.88. The molecule has 1 nitrogen and oxygen atoms in total. The quantitative estimate of drug-likeness (QED) is 0.658. The molecule has 0 fully saturated rings. The Morgan fingerprint density at radius 3 is 2.10 bits per heavy atom. The average molecular weight is 273 g/mol. The van der Waals surface area contributed by atoms with Crippen LogP contribution in [0.25, 0.3) is 11.3 Å². The highest BCUT2D eigenvalue weighted by Crippen LogP contribution is 2.24. The van der Waals surface area contributed by atoms with Gasteiger partial charge in [0.15, 0.2) is 0 Å². The number of nitrogens with zero attached hydrogens (tertiary/aromatic N) is 1. The molecule has 0 N–H and O–H groups in total. The van der Waals surface area contributed by atoms with Crippen LogP contribution in [0, 0.1) is 0 Å². The van der Waals surface area contributed by atoms with E-state index < -0.39 is 0 Å². The van der Waals surface area contributed by atoms with Crippen LogP contribution < -0.4 is 0 Å². The standard InChI is InChI=1S/C20H19N/c1-2-19-14-13-18(15-16-9-5-3-6-10-16)20(21-19)17-11-7-4-8-12-17/h3-14H,2,15H2,1H3. The third-order valence-corrected chi connectivity index (χ3v) is 3.68. The zero-order chi connectivity index (χ0) is 14.5. The van der Waals surface area contributed by atoms with Crippen molar-refractivity contribution >= 4 is 0 Å². The van der Waals surface area contributed by atoms with E-state index in [9.17, 15) is 0 Å². The van der Waals surface area contributed by atoms with Crippen molar-refractivity contribution in [1.29, 1.82) is 0 Å². The molecule has 3 rings (SSSR count). The lowest BCUT2D eigenvalue weighted by atomic mass is 9.99.